The lowest BCUT2D eigenvalue weighted by molar-refractivity contribution is 0.661. The second kappa shape index (κ2) is 13.9. The number of aromatic nitrogens is 3. The first-order chi connectivity index (χ1) is 31.5. The normalized spacial score (nSPS) is 13.0. The summed E-state index contributed by atoms with van der Waals surface area (Å²) in [6, 6.07) is 73.8. The van der Waals surface area contributed by atoms with Gasteiger partial charge in [-0.05, 0) is 132 Å². The number of hydrogen-bond donors (Lipinski definition) is 0. The summed E-state index contributed by atoms with van der Waals surface area (Å²) in [6.45, 7) is 4.75. The topological polar surface area (TPSA) is 30.7 Å². The van der Waals surface area contributed by atoms with E-state index in [0.717, 1.165) is 21.8 Å². The molecule has 0 unspecified atom stereocenters. The molecule has 0 atom stereocenters. The van der Waals surface area contributed by atoms with E-state index in [1.807, 2.05) is 0 Å². The molecule has 0 saturated carbocycles. The van der Waals surface area contributed by atoms with Gasteiger partial charge in [-0.25, -0.2) is 0 Å². The largest absolute Gasteiger partial charge is 0.309 e. The molecule has 3 nitrogen and oxygen atoms in total. The quantitative estimate of drug-likeness (QED) is 0.162. The Bertz CT molecular complexity index is 3820. The monoisotopic (exact) mass is 815 g/mol. The maximum absolute atomic E-state index is 4.77. The molecule has 2 aromatic heterocycles. The predicted molar refractivity (Wildman–Crippen MR) is 268 cm³/mol. The summed E-state index contributed by atoms with van der Waals surface area (Å²) in [6.07, 6.45) is 3.58. The molecule has 0 fully saturated rings. The first-order valence-electron chi connectivity index (χ1n) is 22.1. The highest BCUT2D eigenvalue weighted by Gasteiger charge is 2.36. The molecule has 12 aromatic rings. The van der Waals surface area contributed by atoms with Gasteiger partial charge in [-0.1, -0.05) is 159 Å². The molecule has 300 valence electrons. The van der Waals surface area contributed by atoms with E-state index < -0.39 is 0 Å². The highest BCUT2D eigenvalue weighted by atomic mass is 15.0. The third-order valence-electron chi connectivity index (χ3n) is 13.9. The van der Waals surface area contributed by atoms with Crippen molar-refractivity contribution in [3.8, 4) is 61.3 Å². The lowest BCUT2D eigenvalue weighted by Gasteiger charge is -2.23. The summed E-state index contributed by atoms with van der Waals surface area (Å²) in [7, 11) is 0. The van der Waals surface area contributed by atoms with Crippen LogP contribution >= 0.6 is 0 Å². The van der Waals surface area contributed by atoms with Gasteiger partial charge in [0, 0.05) is 45.0 Å². The molecule has 64 heavy (non-hydrogen) atoms. The minimum Gasteiger partial charge on any atom is -0.309 e. The third kappa shape index (κ3) is 5.54. The van der Waals surface area contributed by atoms with Gasteiger partial charge in [0.15, 0.2) is 0 Å². The summed E-state index contributed by atoms with van der Waals surface area (Å²) < 4.78 is 2.37. The Morgan fingerprint density at radius 1 is 0.328 bits per heavy atom. The van der Waals surface area contributed by atoms with Crippen molar-refractivity contribution in [2.75, 3.05) is 0 Å². The molecule has 3 heteroatoms. The Labute approximate surface area is 371 Å². The van der Waals surface area contributed by atoms with Crippen molar-refractivity contribution in [3.05, 3.63) is 224 Å². The lowest BCUT2D eigenvalue weighted by Crippen LogP contribution is -2.15. The molecule has 0 N–H and O–H groups in total. The fourth-order valence-electron chi connectivity index (χ4n) is 10.6. The summed E-state index contributed by atoms with van der Waals surface area (Å²) >= 11 is 0. The van der Waals surface area contributed by atoms with Crippen molar-refractivity contribution in [1.29, 1.82) is 0 Å². The van der Waals surface area contributed by atoms with E-state index in [-0.39, 0.29) is 5.41 Å². The van der Waals surface area contributed by atoms with Crippen LogP contribution in [0.15, 0.2) is 213 Å². The fourth-order valence-corrected chi connectivity index (χ4v) is 10.6. The molecule has 0 aliphatic heterocycles. The molecule has 0 bridgehead atoms. The minimum absolute atomic E-state index is 0.161. The summed E-state index contributed by atoms with van der Waals surface area (Å²) in [4.78, 5) is 9.50. The van der Waals surface area contributed by atoms with Gasteiger partial charge < -0.3 is 4.57 Å². The van der Waals surface area contributed by atoms with Gasteiger partial charge in [-0.3, -0.25) is 9.97 Å². The van der Waals surface area contributed by atoms with Gasteiger partial charge in [0.05, 0.1) is 22.1 Å². The van der Waals surface area contributed by atoms with E-state index in [1.54, 1.807) is 12.4 Å². The van der Waals surface area contributed by atoms with Crippen LogP contribution in [0, 0.1) is 0 Å². The molecule has 2 heterocycles. The van der Waals surface area contributed by atoms with Crippen LogP contribution in [-0.4, -0.2) is 14.5 Å². The van der Waals surface area contributed by atoms with Crippen LogP contribution in [0.4, 0.5) is 0 Å². The molecule has 13 rings (SSSR count). The van der Waals surface area contributed by atoms with Crippen LogP contribution in [0.1, 0.15) is 25.0 Å². The molecule has 0 spiro atoms. The average Bonchev–Trinajstić information content (AvgIpc) is 3.81. The first-order valence-corrected chi connectivity index (χ1v) is 22.1. The zero-order valence-electron chi connectivity index (χ0n) is 35.5. The zero-order chi connectivity index (χ0) is 42.5. The Kier molecular flexibility index (Phi) is 7.95. The number of fused-ring (bicyclic) bond motifs is 12. The van der Waals surface area contributed by atoms with E-state index in [0.29, 0.717) is 0 Å². The van der Waals surface area contributed by atoms with Crippen molar-refractivity contribution in [2.24, 2.45) is 0 Å². The van der Waals surface area contributed by atoms with Crippen LogP contribution in [0.2, 0.25) is 0 Å². The van der Waals surface area contributed by atoms with Gasteiger partial charge >= 0.3 is 0 Å². The molecule has 0 radical (unpaired) electrons. The summed E-state index contributed by atoms with van der Waals surface area (Å²) in [5, 5.41) is 7.19. The van der Waals surface area contributed by atoms with Crippen molar-refractivity contribution in [2.45, 2.75) is 19.3 Å². The molecule has 0 saturated heterocycles. The van der Waals surface area contributed by atoms with Crippen molar-refractivity contribution in [1.82, 2.24) is 14.5 Å². The van der Waals surface area contributed by atoms with Gasteiger partial charge in [0.25, 0.3) is 0 Å². The van der Waals surface area contributed by atoms with E-state index in [2.05, 4.69) is 219 Å². The molecular formula is C61H41N3. The summed E-state index contributed by atoms with van der Waals surface area (Å²) in [5.74, 6) is 0. The first kappa shape index (κ1) is 36.5. The molecular weight excluding hydrogens is 775 g/mol. The zero-order valence-corrected chi connectivity index (χ0v) is 35.5. The Balaban J connectivity index is 0.804. The molecule has 10 aromatic carbocycles. The third-order valence-corrected chi connectivity index (χ3v) is 13.9. The van der Waals surface area contributed by atoms with E-state index >= 15 is 0 Å². The minimum atomic E-state index is -0.161. The Morgan fingerprint density at radius 2 is 0.797 bits per heavy atom. The number of rotatable bonds is 5. The van der Waals surface area contributed by atoms with Gasteiger partial charge in [0.2, 0.25) is 0 Å². The van der Waals surface area contributed by atoms with Crippen molar-refractivity contribution < 1.29 is 0 Å². The van der Waals surface area contributed by atoms with Crippen molar-refractivity contribution >= 4 is 54.4 Å². The Hall–Kier alpha value is -8.14. The SMILES string of the molecule is CC1(C)c2cc(-c3ccc(-c4cccc(-c5ccc6c(c5)c5ccccc5n6-c5ccccc5)c4)cc3)ccc2-c2ccc(-c3ccc4c(c3)c3ccccc3c3nccnc43)cc21. The van der Waals surface area contributed by atoms with Crippen LogP contribution < -0.4 is 0 Å². The van der Waals surface area contributed by atoms with E-state index in [1.165, 1.54) is 105 Å². The maximum Gasteiger partial charge on any atom is 0.0971 e. The van der Waals surface area contributed by atoms with Crippen molar-refractivity contribution in [3.63, 3.8) is 0 Å². The summed E-state index contributed by atoms with van der Waals surface area (Å²) in [5.41, 5.74) is 20.4. The lowest BCUT2D eigenvalue weighted by atomic mass is 9.80. The average molecular weight is 816 g/mol. The maximum atomic E-state index is 4.77. The van der Waals surface area contributed by atoms with Gasteiger partial charge in [0.1, 0.15) is 0 Å². The van der Waals surface area contributed by atoms with Crippen LogP contribution in [0.25, 0.3) is 116 Å². The number of benzene rings is 10. The van der Waals surface area contributed by atoms with Crippen LogP contribution in [0.5, 0.6) is 0 Å². The predicted octanol–water partition coefficient (Wildman–Crippen LogP) is 16.0. The standard InChI is InChI=1S/C61H41N3/c1-61(2)55-36-44(23-27-48(55)49-28-24-45(37-56(49)61)42-25-29-52-53(34-42)47-15-6-7-17-51(47)59-60(52)63-32-31-62-59)39-21-19-38(20-22-39)40-11-10-12-41(33-40)43-26-30-58-54(35-43)50-16-8-9-18-57(50)64(58)46-13-4-3-5-14-46/h3-37H,1-2H3. The smallest absolute Gasteiger partial charge is 0.0971 e. The van der Waals surface area contributed by atoms with Gasteiger partial charge in [-0.15, -0.1) is 0 Å². The number of hydrogen-bond acceptors (Lipinski definition) is 2. The second-order valence-corrected chi connectivity index (χ2v) is 17.8. The highest BCUT2D eigenvalue weighted by Crippen LogP contribution is 2.51. The van der Waals surface area contributed by atoms with Crippen LogP contribution in [-0.2, 0) is 5.41 Å². The molecule has 1 aliphatic carbocycles. The molecule has 1 aliphatic rings. The van der Waals surface area contributed by atoms with E-state index in [4.69, 9.17) is 9.97 Å². The van der Waals surface area contributed by atoms with Gasteiger partial charge in [-0.2, -0.15) is 0 Å². The Morgan fingerprint density at radius 3 is 1.48 bits per heavy atom. The molecule has 0 amide bonds. The highest BCUT2D eigenvalue weighted by molar-refractivity contribution is 6.23. The number of nitrogens with zero attached hydrogens (tertiary/aromatic N) is 3. The van der Waals surface area contributed by atoms with Crippen LogP contribution in [0.3, 0.4) is 0 Å². The second-order valence-electron chi connectivity index (χ2n) is 17.8. The fraction of sp³-hybridized carbons (Fsp3) is 0.0492. The number of para-hydroxylation sites is 2. The van der Waals surface area contributed by atoms with E-state index in [9.17, 15) is 0 Å².